The third-order valence-electron chi connectivity index (χ3n) is 4.50. The van der Waals surface area contributed by atoms with E-state index in [0.717, 1.165) is 12.8 Å². The summed E-state index contributed by atoms with van der Waals surface area (Å²) in [6, 6.07) is 11.8. The highest BCUT2D eigenvalue weighted by Crippen LogP contribution is 2.21. The molecule has 28 heavy (non-hydrogen) atoms. The molecule has 1 aliphatic heterocycles. The summed E-state index contributed by atoms with van der Waals surface area (Å²) in [6.45, 7) is 1.15. The van der Waals surface area contributed by atoms with Gasteiger partial charge in [0.15, 0.2) is 0 Å². The van der Waals surface area contributed by atoms with Crippen LogP contribution in [0.3, 0.4) is 0 Å². The lowest BCUT2D eigenvalue weighted by Crippen LogP contribution is -2.28. The number of benzene rings is 2. The first kappa shape index (κ1) is 20.5. The van der Waals surface area contributed by atoms with E-state index in [2.05, 4.69) is 5.32 Å². The van der Waals surface area contributed by atoms with Gasteiger partial charge in [-0.1, -0.05) is 18.2 Å². The zero-order valence-corrected chi connectivity index (χ0v) is 16.7. The molecule has 8 nitrogen and oxygen atoms in total. The number of nitrogens with one attached hydrogen (secondary N) is 1. The van der Waals surface area contributed by atoms with Crippen molar-refractivity contribution >= 4 is 26.0 Å². The maximum absolute atomic E-state index is 12.6. The Labute approximate surface area is 164 Å². The van der Waals surface area contributed by atoms with Gasteiger partial charge in [0.05, 0.1) is 9.79 Å². The highest BCUT2D eigenvalue weighted by molar-refractivity contribution is 7.89. The summed E-state index contributed by atoms with van der Waals surface area (Å²) in [5.74, 6) is -0.422. The zero-order valence-electron chi connectivity index (χ0n) is 15.0. The first-order chi connectivity index (χ1) is 13.2. The molecule has 1 fully saturated rings. The molecule has 0 atom stereocenters. The first-order valence-electron chi connectivity index (χ1n) is 8.68. The van der Waals surface area contributed by atoms with E-state index in [1.165, 1.54) is 28.6 Å². The minimum Gasteiger partial charge on any atom is -0.348 e. The smallest absolute Gasteiger partial charge is 0.251 e. The summed E-state index contributed by atoms with van der Waals surface area (Å²) >= 11 is 0. The number of rotatable bonds is 6. The first-order valence-corrected chi connectivity index (χ1v) is 11.7. The molecule has 0 spiro atoms. The highest BCUT2D eigenvalue weighted by Gasteiger charge is 2.27. The van der Waals surface area contributed by atoms with Crippen LogP contribution in [0.5, 0.6) is 0 Å². The number of carbonyl (C=O) groups excluding carboxylic acids is 1. The topological polar surface area (TPSA) is 127 Å². The van der Waals surface area contributed by atoms with Crippen LogP contribution in [0.1, 0.15) is 28.8 Å². The van der Waals surface area contributed by atoms with Gasteiger partial charge in [0.1, 0.15) is 0 Å². The summed E-state index contributed by atoms with van der Waals surface area (Å²) in [7, 11) is -7.36. The predicted molar refractivity (Wildman–Crippen MR) is 103 cm³/mol. The van der Waals surface area contributed by atoms with E-state index in [9.17, 15) is 21.6 Å². The molecule has 0 aromatic heterocycles. The summed E-state index contributed by atoms with van der Waals surface area (Å²) < 4.78 is 49.2. The van der Waals surface area contributed by atoms with E-state index in [4.69, 9.17) is 5.14 Å². The Morgan fingerprint density at radius 1 is 0.964 bits per heavy atom. The predicted octanol–water partition coefficient (Wildman–Crippen LogP) is 1.05. The Bertz CT molecular complexity index is 1070. The van der Waals surface area contributed by atoms with E-state index in [1.807, 2.05) is 0 Å². The van der Waals surface area contributed by atoms with Crippen molar-refractivity contribution in [2.45, 2.75) is 29.2 Å². The van der Waals surface area contributed by atoms with Crippen molar-refractivity contribution < 1.29 is 21.6 Å². The van der Waals surface area contributed by atoms with Crippen molar-refractivity contribution in [2.75, 3.05) is 13.1 Å². The summed E-state index contributed by atoms with van der Waals surface area (Å²) in [4.78, 5) is 12.5. The number of nitrogens with two attached hydrogens (primary N) is 1. The molecule has 1 heterocycles. The van der Waals surface area contributed by atoms with Crippen LogP contribution >= 0.6 is 0 Å². The molecule has 1 saturated heterocycles. The van der Waals surface area contributed by atoms with E-state index in [-0.39, 0.29) is 21.9 Å². The standard InChI is InChI=1S/C18H21N3O5S2/c19-27(23,24)16-8-6-14(7-9-16)13-20-18(22)15-4-3-5-17(12-15)28(25,26)21-10-1-2-11-21/h3-9,12H,1-2,10-11,13H2,(H,20,22)(H2,19,23,24). The Morgan fingerprint density at radius 3 is 2.21 bits per heavy atom. The minimum atomic E-state index is -3.77. The lowest BCUT2D eigenvalue weighted by Gasteiger charge is -2.16. The average Bonchev–Trinajstić information content (AvgIpc) is 3.21. The van der Waals surface area contributed by atoms with Crippen LogP contribution in [0.2, 0.25) is 0 Å². The Hall–Kier alpha value is -2.27. The van der Waals surface area contributed by atoms with Crippen LogP contribution in [0.4, 0.5) is 0 Å². The molecule has 0 radical (unpaired) electrons. The molecule has 0 unspecified atom stereocenters. The van der Waals surface area contributed by atoms with Gasteiger partial charge in [0.2, 0.25) is 20.0 Å². The van der Waals surface area contributed by atoms with Gasteiger partial charge in [0.25, 0.3) is 5.91 Å². The summed E-state index contributed by atoms with van der Waals surface area (Å²) in [6.07, 6.45) is 1.67. The van der Waals surface area contributed by atoms with Crippen molar-refractivity contribution in [2.24, 2.45) is 5.14 Å². The second-order valence-corrected chi connectivity index (χ2v) is 10.0. The summed E-state index contributed by atoms with van der Waals surface area (Å²) in [5.41, 5.74) is 0.919. The molecule has 1 amide bonds. The number of hydrogen-bond acceptors (Lipinski definition) is 5. The zero-order chi connectivity index (χ0) is 20.4. The van der Waals surface area contributed by atoms with Crippen molar-refractivity contribution in [3.8, 4) is 0 Å². The van der Waals surface area contributed by atoms with Crippen molar-refractivity contribution in [3.05, 3.63) is 59.7 Å². The van der Waals surface area contributed by atoms with Crippen LogP contribution in [0.15, 0.2) is 58.3 Å². The monoisotopic (exact) mass is 423 g/mol. The number of carbonyl (C=O) groups is 1. The Balaban J connectivity index is 1.70. The van der Waals surface area contributed by atoms with Gasteiger partial charge in [-0.15, -0.1) is 0 Å². The number of hydrogen-bond donors (Lipinski definition) is 2. The van der Waals surface area contributed by atoms with Gasteiger partial charge in [-0.3, -0.25) is 4.79 Å². The highest BCUT2D eigenvalue weighted by atomic mass is 32.2. The van der Waals surface area contributed by atoms with Crippen LogP contribution in [0, 0.1) is 0 Å². The van der Waals surface area contributed by atoms with E-state index >= 15 is 0 Å². The van der Waals surface area contributed by atoms with Crippen LogP contribution in [0.25, 0.3) is 0 Å². The molecular weight excluding hydrogens is 402 g/mol. The maximum Gasteiger partial charge on any atom is 0.251 e. The van der Waals surface area contributed by atoms with Crippen molar-refractivity contribution in [1.29, 1.82) is 0 Å². The molecule has 0 bridgehead atoms. The van der Waals surface area contributed by atoms with Gasteiger partial charge < -0.3 is 5.32 Å². The Morgan fingerprint density at radius 2 is 1.61 bits per heavy atom. The van der Waals surface area contributed by atoms with Gasteiger partial charge in [0, 0.05) is 25.2 Å². The van der Waals surface area contributed by atoms with Crippen LogP contribution in [-0.4, -0.2) is 40.1 Å². The lowest BCUT2D eigenvalue weighted by molar-refractivity contribution is 0.0950. The second kappa shape index (κ2) is 8.00. The molecule has 3 rings (SSSR count). The quantitative estimate of drug-likeness (QED) is 0.718. The molecule has 3 N–H and O–H groups in total. The van der Waals surface area contributed by atoms with Crippen LogP contribution in [-0.2, 0) is 26.6 Å². The van der Waals surface area contributed by atoms with Gasteiger partial charge in [-0.25, -0.2) is 22.0 Å². The minimum absolute atomic E-state index is 0.0117. The second-order valence-electron chi connectivity index (χ2n) is 6.51. The maximum atomic E-state index is 12.6. The van der Waals surface area contributed by atoms with Gasteiger partial charge in [-0.05, 0) is 48.7 Å². The number of sulfonamides is 2. The van der Waals surface area contributed by atoms with Crippen molar-refractivity contribution in [3.63, 3.8) is 0 Å². The van der Waals surface area contributed by atoms with E-state index < -0.39 is 26.0 Å². The van der Waals surface area contributed by atoms with E-state index in [1.54, 1.807) is 24.3 Å². The SMILES string of the molecule is NS(=O)(=O)c1ccc(CNC(=O)c2cccc(S(=O)(=O)N3CCCC3)c2)cc1. The molecule has 0 saturated carbocycles. The van der Waals surface area contributed by atoms with Gasteiger partial charge in [-0.2, -0.15) is 4.31 Å². The number of primary sulfonamides is 1. The summed E-state index contributed by atoms with van der Waals surface area (Å²) in [5, 5.41) is 7.74. The number of amides is 1. The molecule has 150 valence electrons. The molecular formula is C18H21N3O5S2. The fraction of sp³-hybridized carbons (Fsp3) is 0.278. The van der Waals surface area contributed by atoms with Gasteiger partial charge >= 0.3 is 0 Å². The lowest BCUT2D eigenvalue weighted by atomic mass is 10.2. The van der Waals surface area contributed by atoms with E-state index in [0.29, 0.717) is 18.7 Å². The molecule has 2 aromatic rings. The molecule has 10 heteroatoms. The largest absolute Gasteiger partial charge is 0.348 e. The normalized spacial score (nSPS) is 15.5. The number of nitrogens with zero attached hydrogens (tertiary/aromatic N) is 1. The third kappa shape index (κ3) is 4.58. The Kier molecular flexibility index (Phi) is 5.84. The van der Waals surface area contributed by atoms with Crippen molar-refractivity contribution in [1.82, 2.24) is 9.62 Å². The molecule has 1 aliphatic rings. The molecule has 0 aliphatic carbocycles. The fourth-order valence-corrected chi connectivity index (χ4v) is 5.04. The third-order valence-corrected chi connectivity index (χ3v) is 7.33. The van der Waals surface area contributed by atoms with Crippen LogP contribution < -0.4 is 10.5 Å². The average molecular weight is 424 g/mol. The molecule has 2 aromatic carbocycles. The fourth-order valence-electron chi connectivity index (χ4n) is 2.96.